The molecule has 21 heavy (non-hydrogen) atoms. The first-order valence-electron chi connectivity index (χ1n) is 6.93. The lowest BCUT2D eigenvalue weighted by atomic mass is 10.1. The third-order valence-corrected chi connectivity index (χ3v) is 3.21. The number of carbonyl (C=O) groups excluding carboxylic acids is 2. The first kappa shape index (κ1) is 17.2. The van der Waals surface area contributed by atoms with Crippen molar-refractivity contribution in [2.75, 3.05) is 27.4 Å². The SMILES string of the molecule is COCCC(C)CCOC(=O)c1ccccc1C(=O)OC. The molecule has 0 aromatic heterocycles. The molecule has 0 aliphatic carbocycles. The summed E-state index contributed by atoms with van der Waals surface area (Å²) in [5.41, 5.74) is 0.450. The third-order valence-electron chi connectivity index (χ3n) is 3.21. The van der Waals surface area contributed by atoms with Crippen LogP contribution in [0.5, 0.6) is 0 Å². The van der Waals surface area contributed by atoms with Crippen molar-refractivity contribution >= 4 is 11.9 Å². The van der Waals surface area contributed by atoms with E-state index < -0.39 is 11.9 Å². The van der Waals surface area contributed by atoms with E-state index in [2.05, 4.69) is 11.7 Å². The van der Waals surface area contributed by atoms with Gasteiger partial charge in [-0.1, -0.05) is 19.1 Å². The van der Waals surface area contributed by atoms with Crippen molar-refractivity contribution in [3.05, 3.63) is 35.4 Å². The van der Waals surface area contributed by atoms with Crippen LogP contribution in [0.1, 0.15) is 40.5 Å². The van der Waals surface area contributed by atoms with E-state index in [0.29, 0.717) is 19.1 Å². The number of hydrogen-bond donors (Lipinski definition) is 0. The van der Waals surface area contributed by atoms with Gasteiger partial charge in [0.15, 0.2) is 0 Å². The summed E-state index contributed by atoms with van der Waals surface area (Å²) < 4.78 is 14.9. The van der Waals surface area contributed by atoms with Crippen LogP contribution in [0.15, 0.2) is 24.3 Å². The highest BCUT2D eigenvalue weighted by Gasteiger charge is 2.18. The number of esters is 2. The molecule has 1 aromatic carbocycles. The zero-order valence-electron chi connectivity index (χ0n) is 12.8. The van der Waals surface area contributed by atoms with Gasteiger partial charge in [0.2, 0.25) is 0 Å². The highest BCUT2D eigenvalue weighted by atomic mass is 16.5. The molecule has 1 rings (SSSR count). The van der Waals surface area contributed by atoms with Crippen LogP contribution in [-0.2, 0) is 14.2 Å². The number of ether oxygens (including phenoxy) is 3. The highest BCUT2D eigenvalue weighted by molar-refractivity contribution is 6.03. The number of methoxy groups -OCH3 is 2. The van der Waals surface area contributed by atoms with E-state index >= 15 is 0 Å². The predicted molar refractivity (Wildman–Crippen MR) is 78.3 cm³/mol. The fourth-order valence-corrected chi connectivity index (χ4v) is 1.84. The van der Waals surface area contributed by atoms with E-state index in [4.69, 9.17) is 9.47 Å². The Morgan fingerprint density at radius 2 is 1.57 bits per heavy atom. The molecule has 0 heterocycles. The molecule has 0 saturated carbocycles. The largest absolute Gasteiger partial charge is 0.465 e. The molecule has 1 aromatic rings. The lowest BCUT2D eigenvalue weighted by Gasteiger charge is -2.12. The molecule has 116 valence electrons. The van der Waals surface area contributed by atoms with E-state index in [1.54, 1.807) is 31.4 Å². The van der Waals surface area contributed by atoms with Crippen LogP contribution in [0.2, 0.25) is 0 Å². The van der Waals surface area contributed by atoms with Crippen molar-refractivity contribution in [1.82, 2.24) is 0 Å². The van der Waals surface area contributed by atoms with Gasteiger partial charge in [0.1, 0.15) is 0 Å². The standard InChI is InChI=1S/C16H22O5/c1-12(8-10-19-2)9-11-21-16(18)14-7-5-4-6-13(14)15(17)20-3/h4-7,12H,8-11H2,1-3H3. The smallest absolute Gasteiger partial charge is 0.339 e. The Kier molecular flexibility index (Phi) is 7.46. The first-order valence-corrected chi connectivity index (χ1v) is 6.93. The summed E-state index contributed by atoms with van der Waals surface area (Å²) >= 11 is 0. The van der Waals surface area contributed by atoms with E-state index in [1.807, 2.05) is 0 Å². The molecule has 0 bridgehead atoms. The van der Waals surface area contributed by atoms with Crippen LogP contribution < -0.4 is 0 Å². The Labute approximate surface area is 125 Å². The number of carbonyl (C=O) groups is 2. The minimum atomic E-state index is -0.545. The normalized spacial score (nSPS) is 11.8. The summed E-state index contributed by atoms with van der Waals surface area (Å²) in [6.45, 7) is 3.09. The molecule has 1 atom stereocenters. The Balaban J connectivity index is 2.54. The van der Waals surface area contributed by atoms with Crippen molar-refractivity contribution in [2.24, 2.45) is 5.92 Å². The molecule has 1 unspecified atom stereocenters. The first-order chi connectivity index (χ1) is 10.1. The van der Waals surface area contributed by atoms with Crippen LogP contribution >= 0.6 is 0 Å². The molecule has 0 spiro atoms. The summed E-state index contributed by atoms with van der Waals surface area (Å²) in [4.78, 5) is 23.6. The molecule has 0 radical (unpaired) electrons. The monoisotopic (exact) mass is 294 g/mol. The maximum absolute atomic E-state index is 12.0. The van der Waals surface area contributed by atoms with Gasteiger partial charge in [-0.3, -0.25) is 0 Å². The molecule has 0 N–H and O–H groups in total. The maximum atomic E-state index is 12.0. The molecule has 5 heteroatoms. The van der Waals surface area contributed by atoms with Crippen LogP contribution in [0.4, 0.5) is 0 Å². The van der Waals surface area contributed by atoms with E-state index in [-0.39, 0.29) is 11.1 Å². The fourth-order valence-electron chi connectivity index (χ4n) is 1.84. The average Bonchev–Trinajstić information content (AvgIpc) is 2.52. The fraction of sp³-hybridized carbons (Fsp3) is 0.500. The maximum Gasteiger partial charge on any atom is 0.339 e. The molecule has 0 amide bonds. The summed E-state index contributed by atoms with van der Waals surface area (Å²) in [5, 5.41) is 0. The highest BCUT2D eigenvalue weighted by Crippen LogP contribution is 2.13. The van der Waals surface area contributed by atoms with E-state index in [0.717, 1.165) is 12.8 Å². The van der Waals surface area contributed by atoms with Crippen molar-refractivity contribution in [3.63, 3.8) is 0 Å². The minimum absolute atomic E-state index is 0.220. The molecular weight excluding hydrogens is 272 g/mol. The Hall–Kier alpha value is -1.88. The van der Waals surface area contributed by atoms with Crippen molar-refractivity contribution in [2.45, 2.75) is 19.8 Å². The van der Waals surface area contributed by atoms with E-state index in [1.165, 1.54) is 7.11 Å². The molecule has 0 aliphatic rings. The van der Waals surface area contributed by atoms with Gasteiger partial charge in [-0.25, -0.2) is 9.59 Å². The van der Waals surface area contributed by atoms with Crippen molar-refractivity contribution in [3.8, 4) is 0 Å². The van der Waals surface area contributed by atoms with Gasteiger partial charge in [0, 0.05) is 13.7 Å². The second-order valence-corrected chi connectivity index (χ2v) is 4.85. The third kappa shape index (κ3) is 5.55. The Bertz CT molecular complexity index is 469. The minimum Gasteiger partial charge on any atom is -0.465 e. The molecule has 0 fully saturated rings. The van der Waals surface area contributed by atoms with Gasteiger partial charge >= 0.3 is 11.9 Å². The van der Waals surface area contributed by atoms with Gasteiger partial charge in [-0.15, -0.1) is 0 Å². The quantitative estimate of drug-likeness (QED) is 0.690. The predicted octanol–water partition coefficient (Wildman–Crippen LogP) is 2.69. The lowest BCUT2D eigenvalue weighted by Crippen LogP contribution is -2.14. The van der Waals surface area contributed by atoms with E-state index in [9.17, 15) is 9.59 Å². The van der Waals surface area contributed by atoms with Gasteiger partial charge < -0.3 is 14.2 Å². The molecular formula is C16H22O5. The molecule has 0 aliphatic heterocycles. The Morgan fingerprint density at radius 3 is 2.14 bits per heavy atom. The number of hydrogen-bond acceptors (Lipinski definition) is 5. The summed E-state index contributed by atoms with van der Waals surface area (Å²) in [5.74, 6) is -0.639. The molecule has 0 saturated heterocycles. The van der Waals surface area contributed by atoms with Crippen LogP contribution in [0.3, 0.4) is 0 Å². The summed E-state index contributed by atoms with van der Waals surface area (Å²) in [6, 6.07) is 6.46. The second kappa shape index (κ2) is 9.13. The lowest BCUT2D eigenvalue weighted by molar-refractivity contribution is 0.0463. The molecule has 5 nitrogen and oxygen atoms in total. The second-order valence-electron chi connectivity index (χ2n) is 4.85. The van der Waals surface area contributed by atoms with Gasteiger partial charge in [-0.2, -0.15) is 0 Å². The van der Waals surface area contributed by atoms with Crippen molar-refractivity contribution < 1.29 is 23.8 Å². The van der Waals surface area contributed by atoms with Gasteiger partial charge in [0.25, 0.3) is 0 Å². The Morgan fingerprint density at radius 1 is 1.00 bits per heavy atom. The van der Waals surface area contributed by atoms with Gasteiger partial charge in [0.05, 0.1) is 24.8 Å². The number of rotatable bonds is 8. The van der Waals surface area contributed by atoms with Crippen LogP contribution in [0, 0.1) is 5.92 Å². The van der Waals surface area contributed by atoms with Crippen LogP contribution in [-0.4, -0.2) is 39.4 Å². The van der Waals surface area contributed by atoms with Crippen molar-refractivity contribution in [1.29, 1.82) is 0 Å². The zero-order valence-corrected chi connectivity index (χ0v) is 12.8. The summed E-state index contributed by atoms with van der Waals surface area (Å²) in [7, 11) is 2.94. The number of benzene rings is 1. The van der Waals surface area contributed by atoms with Crippen LogP contribution in [0.25, 0.3) is 0 Å². The average molecular weight is 294 g/mol. The van der Waals surface area contributed by atoms with Gasteiger partial charge in [-0.05, 0) is 30.9 Å². The summed E-state index contributed by atoms with van der Waals surface area (Å²) in [6.07, 6.45) is 1.68. The zero-order chi connectivity index (χ0) is 15.7. The topological polar surface area (TPSA) is 61.8 Å².